The standard InChI is InChI=1S/C18H18O5/c1-11-15(22-2)10-16(23-3)17(18(11)21)14(20)9-13(19)12-7-5-4-6-8-12/h4-10,19,21H,1-3H3. The van der Waals surface area contributed by atoms with E-state index in [1.807, 2.05) is 0 Å². The molecule has 0 aliphatic rings. The predicted octanol–water partition coefficient (Wildman–Crippen LogP) is 3.50. The monoisotopic (exact) mass is 314 g/mol. The summed E-state index contributed by atoms with van der Waals surface area (Å²) in [5.74, 6) is -0.403. The van der Waals surface area contributed by atoms with Gasteiger partial charge < -0.3 is 19.7 Å². The zero-order valence-electron chi connectivity index (χ0n) is 13.2. The maximum atomic E-state index is 12.5. The molecule has 0 spiro atoms. The molecule has 0 aliphatic carbocycles. The normalized spacial score (nSPS) is 11.2. The number of carbonyl (C=O) groups excluding carboxylic acids is 1. The van der Waals surface area contributed by atoms with Crippen molar-refractivity contribution in [1.82, 2.24) is 0 Å². The van der Waals surface area contributed by atoms with Crippen LogP contribution in [-0.4, -0.2) is 30.2 Å². The summed E-state index contributed by atoms with van der Waals surface area (Å²) < 4.78 is 10.3. The maximum Gasteiger partial charge on any atom is 0.197 e. The highest BCUT2D eigenvalue weighted by atomic mass is 16.5. The first kappa shape index (κ1) is 16.4. The van der Waals surface area contributed by atoms with E-state index in [1.54, 1.807) is 37.3 Å². The van der Waals surface area contributed by atoms with E-state index in [0.29, 0.717) is 16.9 Å². The molecule has 0 radical (unpaired) electrons. The molecule has 0 aliphatic heterocycles. The predicted molar refractivity (Wildman–Crippen MR) is 87.3 cm³/mol. The Kier molecular flexibility index (Phi) is 4.91. The van der Waals surface area contributed by atoms with Crippen LogP contribution in [0, 0.1) is 6.92 Å². The van der Waals surface area contributed by atoms with Crippen molar-refractivity contribution in [1.29, 1.82) is 0 Å². The molecule has 0 unspecified atom stereocenters. The van der Waals surface area contributed by atoms with Gasteiger partial charge >= 0.3 is 0 Å². The fourth-order valence-electron chi connectivity index (χ4n) is 2.22. The maximum absolute atomic E-state index is 12.5. The molecule has 0 heterocycles. The molecular formula is C18H18O5. The van der Waals surface area contributed by atoms with Crippen LogP contribution < -0.4 is 9.47 Å². The molecule has 0 aromatic heterocycles. The minimum absolute atomic E-state index is 0.0201. The zero-order valence-corrected chi connectivity index (χ0v) is 13.2. The third kappa shape index (κ3) is 3.29. The number of hydrogen-bond donors (Lipinski definition) is 2. The first-order chi connectivity index (χ1) is 11.0. The van der Waals surface area contributed by atoms with Gasteiger partial charge in [-0.15, -0.1) is 0 Å². The second-order valence-electron chi connectivity index (χ2n) is 4.89. The molecule has 0 bridgehead atoms. The van der Waals surface area contributed by atoms with Crippen LogP contribution in [0.5, 0.6) is 17.2 Å². The smallest absolute Gasteiger partial charge is 0.197 e. The van der Waals surface area contributed by atoms with Crippen LogP contribution in [-0.2, 0) is 0 Å². The van der Waals surface area contributed by atoms with Crippen LogP contribution >= 0.6 is 0 Å². The van der Waals surface area contributed by atoms with Crippen molar-refractivity contribution in [2.45, 2.75) is 6.92 Å². The minimum atomic E-state index is -0.563. The fraction of sp³-hybridized carbons (Fsp3) is 0.167. The van der Waals surface area contributed by atoms with Gasteiger partial charge in [-0.2, -0.15) is 0 Å². The molecular weight excluding hydrogens is 296 g/mol. The number of methoxy groups -OCH3 is 2. The number of allylic oxidation sites excluding steroid dienone is 1. The number of rotatable bonds is 5. The van der Waals surface area contributed by atoms with Crippen LogP contribution in [0.25, 0.3) is 5.76 Å². The summed E-state index contributed by atoms with van der Waals surface area (Å²) in [5, 5.41) is 20.4. The molecule has 5 heteroatoms. The molecule has 2 aromatic rings. The topological polar surface area (TPSA) is 76.0 Å². The number of aliphatic hydroxyl groups is 1. The summed E-state index contributed by atoms with van der Waals surface area (Å²) in [6.07, 6.45) is 1.05. The minimum Gasteiger partial charge on any atom is -0.507 e. The van der Waals surface area contributed by atoms with E-state index in [0.717, 1.165) is 6.08 Å². The molecule has 0 fully saturated rings. The Morgan fingerprint density at radius 2 is 1.70 bits per heavy atom. The Bertz CT molecular complexity index is 748. The number of hydrogen-bond acceptors (Lipinski definition) is 5. The van der Waals surface area contributed by atoms with Gasteiger partial charge in [-0.25, -0.2) is 0 Å². The number of ether oxygens (including phenoxy) is 2. The van der Waals surface area contributed by atoms with E-state index in [1.165, 1.54) is 20.3 Å². The highest BCUT2D eigenvalue weighted by molar-refractivity contribution is 6.11. The summed E-state index contributed by atoms with van der Waals surface area (Å²) in [7, 11) is 2.85. The van der Waals surface area contributed by atoms with Gasteiger partial charge in [-0.05, 0) is 6.92 Å². The van der Waals surface area contributed by atoms with E-state index < -0.39 is 5.78 Å². The summed E-state index contributed by atoms with van der Waals surface area (Å²) in [5.41, 5.74) is 0.905. The SMILES string of the molecule is COc1cc(OC)c(C(=O)C=C(O)c2ccccc2)c(O)c1C. The van der Waals surface area contributed by atoms with Gasteiger partial charge in [0.25, 0.3) is 0 Å². The zero-order chi connectivity index (χ0) is 17.0. The Labute approximate surface area is 134 Å². The van der Waals surface area contributed by atoms with Crippen LogP contribution in [0.4, 0.5) is 0 Å². The number of aromatic hydroxyl groups is 1. The van der Waals surface area contributed by atoms with E-state index >= 15 is 0 Å². The first-order valence-electron chi connectivity index (χ1n) is 6.94. The molecule has 2 aromatic carbocycles. The Hall–Kier alpha value is -2.95. The third-order valence-electron chi connectivity index (χ3n) is 3.49. The average molecular weight is 314 g/mol. The van der Waals surface area contributed by atoms with E-state index in [4.69, 9.17) is 9.47 Å². The number of phenolic OH excluding ortho intramolecular Hbond substituents is 1. The highest BCUT2D eigenvalue weighted by Crippen LogP contribution is 2.38. The second kappa shape index (κ2) is 6.87. The Balaban J connectivity index is 2.49. The molecule has 2 N–H and O–H groups in total. The van der Waals surface area contributed by atoms with Crippen molar-refractivity contribution in [3.05, 3.63) is 59.2 Å². The summed E-state index contributed by atoms with van der Waals surface area (Å²) >= 11 is 0. The largest absolute Gasteiger partial charge is 0.507 e. The molecule has 5 nitrogen and oxygen atoms in total. The molecule has 120 valence electrons. The van der Waals surface area contributed by atoms with Crippen molar-refractivity contribution in [2.75, 3.05) is 14.2 Å². The van der Waals surface area contributed by atoms with Gasteiger partial charge in [0.05, 0.1) is 14.2 Å². The number of benzene rings is 2. The van der Waals surface area contributed by atoms with Gasteiger partial charge in [-0.1, -0.05) is 30.3 Å². The lowest BCUT2D eigenvalue weighted by Gasteiger charge is -2.14. The summed E-state index contributed by atoms with van der Waals surface area (Å²) in [6, 6.07) is 10.2. The molecule has 23 heavy (non-hydrogen) atoms. The van der Waals surface area contributed by atoms with Crippen molar-refractivity contribution in [3.63, 3.8) is 0 Å². The van der Waals surface area contributed by atoms with Gasteiger partial charge in [-0.3, -0.25) is 4.79 Å². The lowest BCUT2D eigenvalue weighted by molar-refractivity contribution is 0.104. The molecule has 0 atom stereocenters. The summed E-state index contributed by atoms with van der Waals surface area (Å²) in [6.45, 7) is 1.63. The molecule has 0 amide bonds. The van der Waals surface area contributed by atoms with Crippen molar-refractivity contribution < 1.29 is 24.5 Å². The van der Waals surface area contributed by atoms with E-state index in [9.17, 15) is 15.0 Å². The van der Waals surface area contributed by atoms with Crippen LogP contribution in [0.2, 0.25) is 0 Å². The van der Waals surface area contributed by atoms with Crippen molar-refractivity contribution in [3.8, 4) is 17.2 Å². The highest BCUT2D eigenvalue weighted by Gasteiger charge is 2.21. The van der Waals surface area contributed by atoms with Gasteiger partial charge in [0.2, 0.25) is 0 Å². The van der Waals surface area contributed by atoms with Crippen LogP contribution in [0.1, 0.15) is 21.5 Å². The second-order valence-corrected chi connectivity index (χ2v) is 4.89. The van der Waals surface area contributed by atoms with E-state index in [2.05, 4.69) is 0 Å². The van der Waals surface area contributed by atoms with E-state index in [-0.39, 0.29) is 22.8 Å². The summed E-state index contributed by atoms with van der Waals surface area (Å²) in [4.78, 5) is 12.5. The number of carbonyl (C=O) groups is 1. The Morgan fingerprint density at radius 3 is 2.26 bits per heavy atom. The molecule has 0 saturated carbocycles. The van der Waals surface area contributed by atoms with Gasteiger partial charge in [0.15, 0.2) is 5.78 Å². The van der Waals surface area contributed by atoms with Crippen molar-refractivity contribution >= 4 is 11.5 Å². The quantitative estimate of drug-likeness (QED) is 0.502. The van der Waals surface area contributed by atoms with Crippen LogP contribution in [0.15, 0.2) is 42.5 Å². The first-order valence-corrected chi connectivity index (χ1v) is 6.94. The number of aliphatic hydroxyl groups excluding tert-OH is 1. The van der Waals surface area contributed by atoms with Gasteiger partial charge in [0.1, 0.15) is 28.6 Å². The van der Waals surface area contributed by atoms with Crippen molar-refractivity contribution in [2.24, 2.45) is 0 Å². The van der Waals surface area contributed by atoms with Gasteiger partial charge in [0, 0.05) is 23.3 Å². The third-order valence-corrected chi connectivity index (χ3v) is 3.49. The van der Waals surface area contributed by atoms with Crippen LogP contribution in [0.3, 0.4) is 0 Å². The number of ketones is 1. The lowest BCUT2D eigenvalue weighted by atomic mass is 10.0. The Morgan fingerprint density at radius 1 is 1.09 bits per heavy atom. The average Bonchev–Trinajstić information content (AvgIpc) is 2.57. The number of phenols is 1. The lowest BCUT2D eigenvalue weighted by Crippen LogP contribution is -2.03. The molecule has 0 saturated heterocycles. The molecule has 2 rings (SSSR count). The fourth-order valence-corrected chi connectivity index (χ4v) is 2.22.